The number of carbonyl (C=O) groups excluding carboxylic acids is 1. The Kier molecular flexibility index (Phi) is 4.62. The van der Waals surface area contributed by atoms with Crippen LogP contribution in [-0.4, -0.2) is 24.6 Å². The van der Waals surface area contributed by atoms with Crippen LogP contribution in [0.1, 0.15) is 22.8 Å². The lowest BCUT2D eigenvalue weighted by Gasteiger charge is -2.02. The summed E-state index contributed by atoms with van der Waals surface area (Å²) in [5, 5.41) is 0. The Labute approximate surface area is 150 Å². The molecule has 0 unspecified atom stereocenters. The van der Waals surface area contributed by atoms with Crippen molar-refractivity contribution in [1.82, 2.24) is 4.57 Å². The monoisotopic (exact) mass is 374 g/mol. The van der Waals surface area contributed by atoms with E-state index in [1.165, 1.54) is 23.5 Å². The SMILES string of the molecule is CCS(=O)(=O)c1cccc(C(=O)N=c2sc3cc(C)ccc3n2C)c1. The van der Waals surface area contributed by atoms with Crippen molar-refractivity contribution in [1.29, 1.82) is 0 Å². The van der Waals surface area contributed by atoms with Gasteiger partial charge in [0.05, 0.1) is 20.9 Å². The van der Waals surface area contributed by atoms with Gasteiger partial charge in [0.1, 0.15) is 0 Å². The van der Waals surface area contributed by atoms with Crippen LogP contribution >= 0.6 is 11.3 Å². The van der Waals surface area contributed by atoms with Gasteiger partial charge >= 0.3 is 0 Å². The molecule has 1 amide bonds. The fourth-order valence-corrected chi connectivity index (χ4v) is 4.53. The molecule has 0 aliphatic heterocycles. The molecular formula is C18H18N2O3S2. The zero-order valence-electron chi connectivity index (χ0n) is 14.2. The van der Waals surface area contributed by atoms with Crippen molar-refractivity contribution in [2.45, 2.75) is 18.7 Å². The molecule has 0 aliphatic carbocycles. The third-order valence-electron chi connectivity index (χ3n) is 3.98. The van der Waals surface area contributed by atoms with E-state index in [0.29, 0.717) is 4.80 Å². The summed E-state index contributed by atoms with van der Waals surface area (Å²) < 4.78 is 26.9. The van der Waals surface area contributed by atoms with Gasteiger partial charge in [-0.3, -0.25) is 4.79 Å². The van der Waals surface area contributed by atoms with Crippen LogP contribution < -0.4 is 4.80 Å². The number of sulfone groups is 1. The summed E-state index contributed by atoms with van der Waals surface area (Å²) in [7, 11) is -1.50. The van der Waals surface area contributed by atoms with Crippen molar-refractivity contribution < 1.29 is 13.2 Å². The van der Waals surface area contributed by atoms with E-state index in [4.69, 9.17) is 0 Å². The molecule has 0 bridgehead atoms. The molecule has 0 fully saturated rings. The van der Waals surface area contributed by atoms with E-state index in [1.807, 2.05) is 30.7 Å². The number of fused-ring (bicyclic) bond motifs is 1. The van der Waals surface area contributed by atoms with Gasteiger partial charge in [-0.05, 0) is 42.8 Å². The van der Waals surface area contributed by atoms with Gasteiger partial charge in [0.25, 0.3) is 5.91 Å². The third-order valence-corrected chi connectivity index (χ3v) is 6.81. The zero-order chi connectivity index (χ0) is 18.2. The number of benzene rings is 2. The van der Waals surface area contributed by atoms with Gasteiger partial charge in [-0.25, -0.2) is 8.42 Å². The van der Waals surface area contributed by atoms with Crippen molar-refractivity contribution in [3.05, 3.63) is 58.4 Å². The molecule has 1 heterocycles. The first kappa shape index (κ1) is 17.6. The molecule has 0 saturated carbocycles. The molecule has 0 spiro atoms. The summed E-state index contributed by atoms with van der Waals surface area (Å²) in [5.74, 6) is -0.459. The standard InChI is InChI=1S/C18H18N2O3S2/c1-4-25(22,23)14-7-5-6-13(11-14)17(21)19-18-20(3)15-9-8-12(2)10-16(15)24-18/h5-11H,4H2,1-3H3. The van der Waals surface area contributed by atoms with Crippen LogP contribution in [0.3, 0.4) is 0 Å². The Hall–Kier alpha value is -2.25. The Balaban J connectivity index is 2.07. The highest BCUT2D eigenvalue weighted by Gasteiger charge is 2.14. The largest absolute Gasteiger partial charge is 0.319 e. The normalized spacial score (nSPS) is 12.7. The maximum atomic E-state index is 12.5. The molecule has 0 radical (unpaired) electrons. The number of thiazole rings is 1. The number of nitrogens with zero attached hydrogens (tertiary/aromatic N) is 2. The highest BCUT2D eigenvalue weighted by molar-refractivity contribution is 7.91. The summed E-state index contributed by atoms with van der Waals surface area (Å²) >= 11 is 1.43. The van der Waals surface area contributed by atoms with E-state index in [-0.39, 0.29) is 16.2 Å². The van der Waals surface area contributed by atoms with E-state index in [2.05, 4.69) is 11.1 Å². The van der Waals surface area contributed by atoms with Gasteiger partial charge in [-0.15, -0.1) is 0 Å². The van der Waals surface area contributed by atoms with Crippen LogP contribution in [0, 0.1) is 6.92 Å². The topological polar surface area (TPSA) is 68.5 Å². The number of carbonyl (C=O) groups is 1. The van der Waals surface area contributed by atoms with E-state index in [1.54, 1.807) is 19.1 Å². The first-order valence-electron chi connectivity index (χ1n) is 7.80. The van der Waals surface area contributed by atoms with Gasteiger partial charge < -0.3 is 4.57 Å². The molecule has 25 heavy (non-hydrogen) atoms. The molecule has 7 heteroatoms. The van der Waals surface area contributed by atoms with Crippen molar-refractivity contribution >= 4 is 37.3 Å². The summed E-state index contributed by atoms with van der Waals surface area (Å²) in [6.45, 7) is 3.59. The predicted octanol–water partition coefficient (Wildman–Crippen LogP) is 3.08. The predicted molar refractivity (Wildman–Crippen MR) is 99.6 cm³/mol. The Morgan fingerprint density at radius 1 is 1.20 bits per heavy atom. The number of aryl methyl sites for hydroxylation is 2. The van der Waals surface area contributed by atoms with Gasteiger partial charge in [0.2, 0.25) is 0 Å². The Bertz CT molecular complexity index is 1140. The van der Waals surface area contributed by atoms with Gasteiger partial charge in [-0.1, -0.05) is 30.4 Å². The molecule has 0 atom stereocenters. The lowest BCUT2D eigenvalue weighted by Crippen LogP contribution is -2.13. The van der Waals surface area contributed by atoms with Gasteiger partial charge in [0.15, 0.2) is 14.6 Å². The number of amides is 1. The molecule has 0 saturated heterocycles. The molecular weight excluding hydrogens is 356 g/mol. The Morgan fingerprint density at radius 2 is 1.96 bits per heavy atom. The average molecular weight is 374 g/mol. The van der Waals surface area contributed by atoms with Crippen LogP contribution in [0.2, 0.25) is 0 Å². The van der Waals surface area contributed by atoms with Crippen molar-refractivity contribution in [3.63, 3.8) is 0 Å². The van der Waals surface area contributed by atoms with Crippen LogP contribution in [0.25, 0.3) is 10.2 Å². The molecule has 1 aromatic heterocycles. The van der Waals surface area contributed by atoms with E-state index in [9.17, 15) is 13.2 Å². The molecule has 3 aromatic rings. The first-order valence-corrected chi connectivity index (χ1v) is 10.3. The van der Waals surface area contributed by atoms with Crippen LogP contribution in [0.5, 0.6) is 0 Å². The Morgan fingerprint density at radius 3 is 2.68 bits per heavy atom. The van der Waals surface area contributed by atoms with Crippen LogP contribution in [0.15, 0.2) is 52.4 Å². The summed E-state index contributed by atoms with van der Waals surface area (Å²) in [6, 6.07) is 12.1. The average Bonchev–Trinajstić information content (AvgIpc) is 2.90. The van der Waals surface area contributed by atoms with Crippen LogP contribution in [-0.2, 0) is 16.9 Å². The van der Waals surface area contributed by atoms with Crippen molar-refractivity contribution in [3.8, 4) is 0 Å². The molecule has 0 aliphatic rings. The fourth-order valence-electron chi connectivity index (χ4n) is 2.49. The second-order valence-electron chi connectivity index (χ2n) is 5.76. The quantitative estimate of drug-likeness (QED) is 0.707. The first-order chi connectivity index (χ1) is 11.8. The molecule has 130 valence electrons. The number of rotatable bonds is 3. The lowest BCUT2D eigenvalue weighted by atomic mass is 10.2. The third kappa shape index (κ3) is 3.43. The van der Waals surface area contributed by atoms with E-state index < -0.39 is 15.7 Å². The smallest absolute Gasteiger partial charge is 0.279 e. The minimum absolute atomic E-state index is 0.00753. The molecule has 2 aromatic carbocycles. The summed E-state index contributed by atoms with van der Waals surface area (Å²) in [4.78, 5) is 17.4. The van der Waals surface area contributed by atoms with Crippen molar-refractivity contribution in [2.75, 3.05) is 5.75 Å². The summed E-state index contributed by atoms with van der Waals surface area (Å²) in [6.07, 6.45) is 0. The number of aromatic nitrogens is 1. The molecule has 3 rings (SSSR count). The number of hydrogen-bond donors (Lipinski definition) is 0. The molecule has 0 N–H and O–H groups in total. The summed E-state index contributed by atoms with van der Waals surface area (Å²) in [5.41, 5.74) is 2.41. The van der Waals surface area contributed by atoms with E-state index >= 15 is 0 Å². The van der Waals surface area contributed by atoms with Crippen LogP contribution in [0.4, 0.5) is 0 Å². The zero-order valence-corrected chi connectivity index (χ0v) is 15.8. The number of hydrogen-bond acceptors (Lipinski definition) is 4. The maximum absolute atomic E-state index is 12.5. The second-order valence-corrected chi connectivity index (χ2v) is 9.05. The second kappa shape index (κ2) is 6.57. The highest BCUT2D eigenvalue weighted by Crippen LogP contribution is 2.18. The van der Waals surface area contributed by atoms with Gasteiger partial charge in [0, 0.05) is 12.6 Å². The lowest BCUT2D eigenvalue weighted by molar-refractivity contribution is 0.0997. The fraction of sp³-hybridized carbons (Fsp3) is 0.222. The van der Waals surface area contributed by atoms with Gasteiger partial charge in [-0.2, -0.15) is 4.99 Å². The highest BCUT2D eigenvalue weighted by atomic mass is 32.2. The minimum Gasteiger partial charge on any atom is -0.319 e. The molecule has 5 nitrogen and oxygen atoms in total. The van der Waals surface area contributed by atoms with E-state index in [0.717, 1.165) is 15.8 Å². The minimum atomic E-state index is -3.36. The van der Waals surface area contributed by atoms with Crippen molar-refractivity contribution in [2.24, 2.45) is 12.0 Å². The maximum Gasteiger partial charge on any atom is 0.279 e.